The average molecular weight is 240 g/mol. The Hall–Kier alpha value is -0.730. The molecule has 16 heavy (non-hydrogen) atoms. The van der Waals surface area contributed by atoms with E-state index in [4.69, 9.17) is 22.1 Å². The van der Waals surface area contributed by atoms with Crippen molar-refractivity contribution in [1.29, 1.82) is 0 Å². The van der Waals surface area contributed by atoms with Crippen molar-refractivity contribution in [3.05, 3.63) is 28.3 Å². The average Bonchev–Trinajstić information content (AvgIpc) is 2.14. The standard InChI is InChI=1S/C13H18ClNO/c1-13(2,15)8-10-7-11(14)6-9-4-3-5-16-12(9)10/h6-7H,3-5,8,15H2,1-2H3. The van der Waals surface area contributed by atoms with E-state index in [9.17, 15) is 0 Å². The van der Waals surface area contributed by atoms with Crippen LogP contribution in [0.1, 0.15) is 31.4 Å². The molecule has 0 amide bonds. The van der Waals surface area contributed by atoms with Crippen LogP contribution < -0.4 is 10.5 Å². The van der Waals surface area contributed by atoms with Crippen molar-refractivity contribution in [2.45, 2.75) is 38.6 Å². The second-order valence-electron chi connectivity index (χ2n) is 5.17. The number of fused-ring (bicyclic) bond motifs is 1. The summed E-state index contributed by atoms with van der Waals surface area (Å²) in [6.45, 7) is 4.83. The van der Waals surface area contributed by atoms with Gasteiger partial charge in [-0.15, -0.1) is 0 Å². The third-order valence-electron chi connectivity index (χ3n) is 2.69. The molecule has 3 heteroatoms. The van der Waals surface area contributed by atoms with Gasteiger partial charge < -0.3 is 10.5 Å². The minimum atomic E-state index is -0.237. The summed E-state index contributed by atoms with van der Waals surface area (Å²) in [5, 5.41) is 0.781. The molecule has 0 unspecified atom stereocenters. The third-order valence-corrected chi connectivity index (χ3v) is 2.91. The van der Waals surface area contributed by atoms with E-state index < -0.39 is 0 Å². The lowest BCUT2D eigenvalue weighted by atomic mass is 9.92. The molecule has 2 rings (SSSR count). The quantitative estimate of drug-likeness (QED) is 0.861. The van der Waals surface area contributed by atoms with Crippen LogP contribution in [0.3, 0.4) is 0 Å². The molecule has 0 aromatic heterocycles. The van der Waals surface area contributed by atoms with Crippen LogP contribution in [0, 0.1) is 0 Å². The molecule has 2 N–H and O–H groups in total. The molecule has 0 spiro atoms. The molecule has 2 nitrogen and oxygen atoms in total. The predicted molar refractivity (Wildman–Crippen MR) is 67.2 cm³/mol. The van der Waals surface area contributed by atoms with Crippen LogP contribution in [-0.4, -0.2) is 12.1 Å². The number of aryl methyl sites for hydroxylation is 1. The SMILES string of the molecule is CC(C)(N)Cc1cc(Cl)cc2c1OCCC2. The Kier molecular flexibility index (Phi) is 3.13. The fraction of sp³-hybridized carbons (Fsp3) is 0.538. The van der Waals surface area contributed by atoms with Crippen molar-refractivity contribution in [3.8, 4) is 5.75 Å². The number of rotatable bonds is 2. The van der Waals surface area contributed by atoms with Gasteiger partial charge in [0.2, 0.25) is 0 Å². The van der Waals surface area contributed by atoms with Crippen molar-refractivity contribution in [3.63, 3.8) is 0 Å². The second-order valence-corrected chi connectivity index (χ2v) is 5.61. The van der Waals surface area contributed by atoms with Gasteiger partial charge in [0.1, 0.15) is 5.75 Å². The van der Waals surface area contributed by atoms with Gasteiger partial charge in [0.15, 0.2) is 0 Å². The first-order chi connectivity index (χ1) is 7.46. The van der Waals surface area contributed by atoms with E-state index in [1.165, 1.54) is 5.56 Å². The van der Waals surface area contributed by atoms with Crippen molar-refractivity contribution in [1.82, 2.24) is 0 Å². The number of benzene rings is 1. The molecule has 88 valence electrons. The van der Waals surface area contributed by atoms with Gasteiger partial charge >= 0.3 is 0 Å². The largest absolute Gasteiger partial charge is 0.493 e. The Morgan fingerprint density at radius 1 is 1.44 bits per heavy atom. The van der Waals surface area contributed by atoms with E-state index in [1.54, 1.807) is 0 Å². The molecule has 0 fully saturated rings. The molecule has 0 saturated heterocycles. The van der Waals surface area contributed by atoms with Gasteiger partial charge in [-0.2, -0.15) is 0 Å². The maximum atomic E-state index is 6.11. The van der Waals surface area contributed by atoms with Crippen molar-refractivity contribution in [2.24, 2.45) is 5.73 Å². The molecular formula is C13H18ClNO. The van der Waals surface area contributed by atoms with Crippen LogP contribution in [0.2, 0.25) is 5.02 Å². The van der Waals surface area contributed by atoms with Crippen molar-refractivity contribution < 1.29 is 4.74 Å². The monoisotopic (exact) mass is 239 g/mol. The zero-order chi connectivity index (χ0) is 11.8. The minimum absolute atomic E-state index is 0.237. The van der Waals surface area contributed by atoms with Gasteiger partial charge in [-0.3, -0.25) is 0 Å². The molecule has 1 aromatic rings. The fourth-order valence-electron chi connectivity index (χ4n) is 2.14. The highest BCUT2D eigenvalue weighted by Crippen LogP contribution is 2.33. The topological polar surface area (TPSA) is 35.2 Å². The Morgan fingerprint density at radius 2 is 2.19 bits per heavy atom. The first-order valence-corrected chi connectivity index (χ1v) is 6.06. The number of ether oxygens (including phenoxy) is 1. The Bertz CT molecular complexity index is 396. The van der Waals surface area contributed by atoms with Crippen LogP contribution in [0.5, 0.6) is 5.75 Å². The number of hydrogen-bond acceptors (Lipinski definition) is 2. The summed E-state index contributed by atoms with van der Waals surface area (Å²) in [6.07, 6.45) is 2.91. The lowest BCUT2D eigenvalue weighted by molar-refractivity contribution is 0.283. The summed E-state index contributed by atoms with van der Waals surface area (Å²) < 4.78 is 5.74. The van der Waals surface area contributed by atoms with Crippen LogP contribution in [0.15, 0.2) is 12.1 Å². The minimum Gasteiger partial charge on any atom is -0.493 e. The van der Waals surface area contributed by atoms with Crippen molar-refractivity contribution in [2.75, 3.05) is 6.61 Å². The van der Waals surface area contributed by atoms with Crippen LogP contribution >= 0.6 is 11.6 Å². The molecule has 1 aliphatic rings. The molecule has 1 aromatic carbocycles. The molecule has 0 atom stereocenters. The van der Waals surface area contributed by atoms with Gasteiger partial charge in [-0.05, 0) is 56.4 Å². The lowest BCUT2D eigenvalue weighted by Crippen LogP contribution is -2.34. The van der Waals surface area contributed by atoms with Gasteiger partial charge in [-0.25, -0.2) is 0 Å². The molecule has 0 aliphatic carbocycles. The molecule has 1 aliphatic heterocycles. The maximum absolute atomic E-state index is 6.11. The first-order valence-electron chi connectivity index (χ1n) is 5.69. The highest BCUT2D eigenvalue weighted by molar-refractivity contribution is 6.30. The number of halogens is 1. The van der Waals surface area contributed by atoms with E-state index in [1.807, 2.05) is 26.0 Å². The predicted octanol–water partition coefficient (Wildman–Crippen LogP) is 2.94. The van der Waals surface area contributed by atoms with E-state index in [2.05, 4.69) is 0 Å². The molecule has 0 radical (unpaired) electrons. The lowest BCUT2D eigenvalue weighted by Gasteiger charge is -2.25. The van der Waals surface area contributed by atoms with Gasteiger partial charge in [-0.1, -0.05) is 11.6 Å². The van der Waals surface area contributed by atoms with E-state index in [0.717, 1.165) is 42.2 Å². The molecular weight excluding hydrogens is 222 g/mol. The summed E-state index contributed by atoms with van der Waals surface area (Å²) in [5.74, 6) is 1.01. The highest BCUT2D eigenvalue weighted by Gasteiger charge is 2.20. The Morgan fingerprint density at radius 3 is 2.88 bits per heavy atom. The van der Waals surface area contributed by atoms with Gasteiger partial charge in [0, 0.05) is 10.6 Å². The first kappa shape index (κ1) is 11.7. The Labute approximate surface area is 102 Å². The summed E-state index contributed by atoms with van der Waals surface area (Å²) >= 11 is 6.11. The molecule has 1 heterocycles. The summed E-state index contributed by atoms with van der Waals surface area (Å²) in [6, 6.07) is 3.98. The maximum Gasteiger partial charge on any atom is 0.125 e. The van der Waals surface area contributed by atoms with Crippen LogP contribution in [0.25, 0.3) is 0 Å². The normalized spacial score (nSPS) is 15.5. The van der Waals surface area contributed by atoms with Gasteiger partial charge in [0.05, 0.1) is 6.61 Å². The van der Waals surface area contributed by atoms with Gasteiger partial charge in [0.25, 0.3) is 0 Å². The van der Waals surface area contributed by atoms with E-state index in [-0.39, 0.29) is 5.54 Å². The highest BCUT2D eigenvalue weighted by atomic mass is 35.5. The number of hydrogen-bond donors (Lipinski definition) is 1. The number of nitrogens with two attached hydrogens (primary N) is 1. The molecule has 0 saturated carbocycles. The fourth-order valence-corrected chi connectivity index (χ4v) is 2.41. The Balaban J connectivity index is 2.39. The zero-order valence-electron chi connectivity index (χ0n) is 9.85. The van der Waals surface area contributed by atoms with Crippen molar-refractivity contribution >= 4 is 11.6 Å². The third kappa shape index (κ3) is 2.69. The van der Waals surface area contributed by atoms with Crippen LogP contribution in [0.4, 0.5) is 0 Å². The summed E-state index contributed by atoms with van der Waals surface area (Å²) in [4.78, 5) is 0. The van der Waals surface area contributed by atoms with E-state index in [0.29, 0.717) is 0 Å². The van der Waals surface area contributed by atoms with Crippen LogP contribution in [-0.2, 0) is 12.8 Å². The second kappa shape index (κ2) is 4.27. The summed E-state index contributed by atoms with van der Waals surface area (Å²) in [7, 11) is 0. The zero-order valence-corrected chi connectivity index (χ0v) is 10.6. The van der Waals surface area contributed by atoms with E-state index >= 15 is 0 Å². The summed E-state index contributed by atoms with van der Waals surface area (Å²) in [5.41, 5.74) is 8.17. The smallest absolute Gasteiger partial charge is 0.125 e. The molecule has 0 bridgehead atoms.